The maximum absolute atomic E-state index is 6.09. The maximum atomic E-state index is 6.09. The van der Waals surface area contributed by atoms with Crippen LogP contribution in [0.15, 0.2) is 35.5 Å². The third-order valence-corrected chi connectivity index (χ3v) is 5.95. The van der Waals surface area contributed by atoms with Crippen LogP contribution in [0.1, 0.15) is 5.56 Å². The molecule has 1 aromatic heterocycles. The van der Waals surface area contributed by atoms with Crippen molar-refractivity contribution in [2.45, 2.75) is 5.54 Å². The molecule has 3 aliphatic rings. The van der Waals surface area contributed by atoms with Gasteiger partial charge >= 0.3 is 0 Å². The first-order valence-electron chi connectivity index (χ1n) is 8.80. The fourth-order valence-corrected chi connectivity index (χ4v) is 4.36. The number of nitrogens with two attached hydrogens (primary N) is 1. The minimum absolute atomic E-state index is 0.222. The molecule has 1 saturated heterocycles. The molecular formula is C20H16N4O3. The maximum Gasteiger partial charge on any atom is 0.283 e. The lowest BCUT2D eigenvalue weighted by atomic mass is 9.64. The van der Waals surface area contributed by atoms with Crippen molar-refractivity contribution in [1.82, 2.24) is 10.2 Å². The highest BCUT2D eigenvalue weighted by molar-refractivity contribution is 5.93. The van der Waals surface area contributed by atoms with Crippen LogP contribution in [-0.2, 0) is 15.0 Å². The van der Waals surface area contributed by atoms with E-state index in [1.807, 2.05) is 18.2 Å². The number of H-pyrrole nitrogens is 1. The molecule has 1 unspecified atom stereocenters. The standard InChI is InChI=1S/C20H16N4O3/c21-18-23-20(11-27-18)15-6-12(13-2-1-3-16-14(13)7-22-24-16)4-5-17(15)26-10-19(20)8-25-9-19/h2,4-7H,8-11H2,(H2,21,23)(H,22,24). The number of nitrogens with one attached hydrogen (secondary N) is 1. The van der Waals surface area contributed by atoms with E-state index in [2.05, 4.69) is 28.4 Å². The molecule has 3 N–H and O–H groups in total. The number of ether oxygens (including phenoxy) is 3. The van der Waals surface area contributed by atoms with Gasteiger partial charge < -0.3 is 19.9 Å². The van der Waals surface area contributed by atoms with Crippen LogP contribution in [0.4, 0.5) is 0 Å². The highest BCUT2D eigenvalue weighted by Gasteiger charge is 2.63. The van der Waals surface area contributed by atoms with E-state index in [9.17, 15) is 0 Å². The van der Waals surface area contributed by atoms with Gasteiger partial charge in [0.15, 0.2) is 0 Å². The van der Waals surface area contributed by atoms with Gasteiger partial charge in [-0.3, -0.25) is 5.10 Å². The summed E-state index contributed by atoms with van der Waals surface area (Å²) in [7, 11) is 0. The lowest BCUT2D eigenvalue weighted by molar-refractivity contribution is -0.184. The molecule has 6 rings (SSSR count). The summed E-state index contributed by atoms with van der Waals surface area (Å²) in [4.78, 5) is 4.76. The van der Waals surface area contributed by atoms with Gasteiger partial charge in [-0.25, -0.2) is 4.99 Å². The van der Waals surface area contributed by atoms with E-state index in [4.69, 9.17) is 24.9 Å². The predicted octanol–water partition coefficient (Wildman–Crippen LogP) is 1.78. The number of benzene rings is 1. The van der Waals surface area contributed by atoms with Gasteiger partial charge in [0, 0.05) is 16.5 Å². The second-order valence-corrected chi connectivity index (χ2v) is 7.36. The van der Waals surface area contributed by atoms with Crippen molar-refractivity contribution in [3.8, 4) is 16.9 Å². The zero-order chi connectivity index (χ0) is 18.1. The fraction of sp³-hybridized carbons (Fsp3) is 0.300. The zero-order valence-corrected chi connectivity index (χ0v) is 14.4. The Bertz CT molecular complexity index is 1100. The summed E-state index contributed by atoms with van der Waals surface area (Å²) in [5.74, 6) is 0.813. The van der Waals surface area contributed by atoms with Crippen LogP contribution in [0.25, 0.3) is 22.0 Å². The topological polar surface area (TPSA) is 94.8 Å². The Morgan fingerprint density at radius 2 is 2.07 bits per heavy atom. The highest BCUT2D eigenvalue weighted by Crippen LogP contribution is 2.56. The minimum atomic E-state index is -0.584. The molecule has 0 aliphatic carbocycles. The smallest absolute Gasteiger partial charge is 0.283 e. The third kappa shape index (κ3) is 1.80. The average molecular weight is 360 g/mol. The summed E-state index contributed by atoms with van der Waals surface area (Å²) in [6.45, 7) is 2.10. The Labute approximate surface area is 155 Å². The first kappa shape index (κ1) is 14.9. The van der Waals surface area contributed by atoms with Crippen LogP contribution in [0, 0.1) is 17.5 Å². The quantitative estimate of drug-likeness (QED) is 0.690. The molecule has 7 heteroatoms. The molecule has 4 heterocycles. The monoisotopic (exact) mass is 360 g/mol. The number of amidine groups is 1. The van der Waals surface area contributed by atoms with Crippen LogP contribution in [0.3, 0.4) is 0 Å². The van der Waals surface area contributed by atoms with Gasteiger partial charge in [-0.2, -0.15) is 5.10 Å². The molecule has 0 saturated carbocycles. The molecule has 0 amide bonds. The molecule has 0 radical (unpaired) electrons. The molecule has 3 aromatic rings. The first-order chi connectivity index (χ1) is 13.2. The number of aliphatic imine (C=N–C) groups is 1. The molecule has 0 bridgehead atoms. The molecule has 2 spiro atoms. The fourth-order valence-electron chi connectivity index (χ4n) is 4.36. The molecule has 1 atom stereocenters. The van der Waals surface area contributed by atoms with E-state index in [1.54, 1.807) is 6.20 Å². The number of fused-ring (bicyclic) bond motifs is 4. The van der Waals surface area contributed by atoms with E-state index < -0.39 is 5.54 Å². The number of hydrogen-bond donors (Lipinski definition) is 2. The molecule has 2 aromatic carbocycles. The van der Waals surface area contributed by atoms with Crippen molar-refractivity contribution in [1.29, 1.82) is 0 Å². The van der Waals surface area contributed by atoms with Crippen molar-refractivity contribution in [2.75, 3.05) is 26.4 Å². The first-order valence-corrected chi connectivity index (χ1v) is 8.80. The van der Waals surface area contributed by atoms with E-state index in [-0.39, 0.29) is 11.4 Å². The summed E-state index contributed by atoms with van der Waals surface area (Å²) < 4.78 is 17.3. The molecule has 1 fully saturated rings. The van der Waals surface area contributed by atoms with Crippen molar-refractivity contribution >= 4 is 16.9 Å². The third-order valence-electron chi connectivity index (χ3n) is 5.95. The van der Waals surface area contributed by atoms with Gasteiger partial charge in [0.1, 0.15) is 30.0 Å². The Balaban J connectivity index is 1.58. The number of aromatic nitrogens is 2. The van der Waals surface area contributed by atoms with Crippen molar-refractivity contribution < 1.29 is 14.2 Å². The lowest BCUT2D eigenvalue weighted by Gasteiger charge is -2.53. The number of aromatic amines is 1. The van der Waals surface area contributed by atoms with Gasteiger partial charge in [-0.1, -0.05) is 12.1 Å². The second kappa shape index (κ2) is 4.93. The van der Waals surface area contributed by atoms with E-state index in [0.717, 1.165) is 33.3 Å². The van der Waals surface area contributed by atoms with Gasteiger partial charge in [0.05, 0.1) is 24.8 Å². The van der Waals surface area contributed by atoms with Crippen molar-refractivity contribution in [2.24, 2.45) is 16.1 Å². The molecule has 134 valence electrons. The summed E-state index contributed by atoms with van der Waals surface area (Å²) in [6, 6.07) is 14.4. The largest absolute Gasteiger partial charge is 0.492 e. The normalized spacial score (nSPS) is 24.7. The molecule has 7 nitrogen and oxygen atoms in total. The number of hydrogen-bond acceptors (Lipinski definition) is 6. The Kier molecular flexibility index (Phi) is 2.72. The van der Waals surface area contributed by atoms with Gasteiger partial charge in [-0.05, 0) is 29.8 Å². The van der Waals surface area contributed by atoms with E-state index in [0.29, 0.717) is 26.4 Å². The van der Waals surface area contributed by atoms with Crippen LogP contribution < -0.4 is 10.5 Å². The predicted molar refractivity (Wildman–Crippen MR) is 97.2 cm³/mol. The van der Waals surface area contributed by atoms with Gasteiger partial charge in [-0.15, -0.1) is 0 Å². The average Bonchev–Trinajstić information content (AvgIpc) is 3.28. The summed E-state index contributed by atoms with van der Waals surface area (Å²) in [6.07, 6.45) is 1.80. The van der Waals surface area contributed by atoms with Gasteiger partial charge in [0.25, 0.3) is 6.02 Å². The summed E-state index contributed by atoms with van der Waals surface area (Å²) in [5.41, 5.74) is 8.97. The molecule has 27 heavy (non-hydrogen) atoms. The Hall–Kier alpha value is -3.24. The van der Waals surface area contributed by atoms with Crippen molar-refractivity contribution in [3.63, 3.8) is 0 Å². The number of rotatable bonds is 1. The summed E-state index contributed by atoms with van der Waals surface area (Å²) >= 11 is 0. The van der Waals surface area contributed by atoms with Crippen LogP contribution in [0.5, 0.6) is 5.75 Å². The second-order valence-electron chi connectivity index (χ2n) is 7.36. The Morgan fingerprint density at radius 1 is 1.15 bits per heavy atom. The molecular weight excluding hydrogens is 344 g/mol. The van der Waals surface area contributed by atoms with E-state index in [1.165, 1.54) is 0 Å². The SMILES string of the molecule is NC1=NC2(CO1)c1cc(-c3cc#cc4[nH]ncc34)ccc1OCC21COC1. The molecule has 3 aliphatic heterocycles. The lowest BCUT2D eigenvalue weighted by Crippen LogP contribution is -2.63. The van der Waals surface area contributed by atoms with Gasteiger partial charge in [0.2, 0.25) is 0 Å². The van der Waals surface area contributed by atoms with Crippen LogP contribution in [0.2, 0.25) is 0 Å². The summed E-state index contributed by atoms with van der Waals surface area (Å²) in [5, 5.41) is 8.06. The minimum Gasteiger partial charge on any atom is -0.492 e. The van der Waals surface area contributed by atoms with Crippen molar-refractivity contribution in [3.05, 3.63) is 48.2 Å². The van der Waals surface area contributed by atoms with E-state index >= 15 is 0 Å². The highest BCUT2D eigenvalue weighted by atomic mass is 16.5. The zero-order valence-electron chi connectivity index (χ0n) is 14.4. The number of nitrogens with zero attached hydrogens (tertiary/aromatic N) is 2. The van der Waals surface area contributed by atoms with Crippen LogP contribution in [-0.4, -0.2) is 42.6 Å². The van der Waals surface area contributed by atoms with Crippen LogP contribution >= 0.6 is 0 Å². The Morgan fingerprint density at radius 3 is 2.85 bits per heavy atom.